The van der Waals surface area contributed by atoms with Crippen LogP contribution < -0.4 is 9.80 Å². The van der Waals surface area contributed by atoms with Crippen molar-refractivity contribution in [3.63, 3.8) is 0 Å². The topological polar surface area (TPSA) is 6.48 Å². The highest BCUT2D eigenvalue weighted by atomic mass is 15.2. The van der Waals surface area contributed by atoms with Crippen LogP contribution in [0.5, 0.6) is 0 Å². The normalized spacial score (nSPS) is 11.7. The van der Waals surface area contributed by atoms with Crippen LogP contribution >= 0.6 is 0 Å². The highest BCUT2D eigenvalue weighted by Gasteiger charge is 2.25. The molecule has 10 rings (SSSR count). The molecule has 0 aliphatic carbocycles. The summed E-state index contributed by atoms with van der Waals surface area (Å²) < 4.78 is 0. The number of hydrogen-bond acceptors (Lipinski definition) is 2. The Balaban J connectivity index is 1.06. The van der Waals surface area contributed by atoms with E-state index in [2.05, 4.69) is 228 Å². The van der Waals surface area contributed by atoms with Crippen LogP contribution in [0.4, 0.5) is 34.1 Å². The van der Waals surface area contributed by atoms with Crippen molar-refractivity contribution in [3.05, 3.63) is 218 Å². The fourth-order valence-corrected chi connectivity index (χ4v) is 8.05. The fraction of sp³-hybridized carbons (Fsp3) is 0. The van der Waals surface area contributed by atoms with Crippen molar-refractivity contribution in [2.24, 2.45) is 0 Å². The summed E-state index contributed by atoms with van der Waals surface area (Å²) in [7, 11) is 0. The number of nitrogens with zero attached hydrogens (tertiary/aromatic N) is 2. The van der Waals surface area contributed by atoms with Gasteiger partial charge in [0.05, 0.1) is 17.1 Å². The summed E-state index contributed by atoms with van der Waals surface area (Å²) in [6.07, 6.45) is 0. The third kappa shape index (κ3) is 5.53. The van der Waals surface area contributed by atoms with Crippen molar-refractivity contribution in [1.29, 1.82) is 0 Å². The Hall–Kier alpha value is -7.16. The van der Waals surface area contributed by atoms with Crippen LogP contribution in [0.1, 0.15) is 0 Å². The lowest BCUT2D eigenvalue weighted by Gasteiger charge is -2.28. The van der Waals surface area contributed by atoms with Gasteiger partial charge in [0, 0.05) is 33.6 Å². The first-order chi connectivity index (χ1) is 26.8. The second-order valence-electron chi connectivity index (χ2n) is 13.8. The van der Waals surface area contributed by atoms with E-state index < -0.39 is 0 Å². The maximum Gasteiger partial charge on any atom is 0.0540 e. The summed E-state index contributed by atoms with van der Waals surface area (Å²) in [5, 5.41) is 2.43. The van der Waals surface area contributed by atoms with E-state index in [1.807, 2.05) is 0 Å². The van der Waals surface area contributed by atoms with Crippen molar-refractivity contribution >= 4 is 44.9 Å². The molecule has 0 saturated carbocycles. The molecule has 0 unspecified atom stereocenters. The van der Waals surface area contributed by atoms with Gasteiger partial charge in [-0.15, -0.1) is 0 Å². The molecule has 0 spiro atoms. The van der Waals surface area contributed by atoms with Crippen LogP contribution in [0.15, 0.2) is 218 Å². The summed E-state index contributed by atoms with van der Waals surface area (Å²) in [5.74, 6) is 0. The molecule has 254 valence electrons. The summed E-state index contributed by atoms with van der Waals surface area (Å²) in [4.78, 5) is 4.80. The summed E-state index contributed by atoms with van der Waals surface area (Å²) in [6.45, 7) is 0. The quantitative estimate of drug-likeness (QED) is 0.172. The first-order valence-electron chi connectivity index (χ1n) is 18.5. The van der Waals surface area contributed by atoms with E-state index in [0.717, 1.165) is 28.3 Å². The molecule has 0 N–H and O–H groups in total. The van der Waals surface area contributed by atoms with Crippen LogP contribution in [0.25, 0.3) is 55.3 Å². The van der Waals surface area contributed by atoms with Crippen molar-refractivity contribution < 1.29 is 0 Å². The minimum Gasteiger partial charge on any atom is -0.310 e. The standard InChI is InChI=1S/C52H36N2/c1-2-14-37(15-3-1)38-28-32-42(33-29-38)53(50-27-13-17-40-16-4-5-20-45(40)50)43-34-30-39(31-35-43)41-18-12-19-44(36-41)54-51-25-10-8-23-48(51)46-21-6-7-22-47(46)49-24-9-11-26-52(49)54/h1-36H. The van der Waals surface area contributed by atoms with Crippen molar-refractivity contribution in [3.8, 4) is 44.5 Å². The summed E-state index contributed by atoms with van der Waals surface area (Å²) >= 11 is 0. The molecule has 0 aromatic heterocycles. The van der Waals surface area contributed by atoms with Gasteiger partial charge in [-0.05, 0) is 93.4 Å². The fourth-order valence-electron chi connectivity index (χ4n) is 8.05. The number of benzene rings is 9. The molecule has 0 bridgehead atoms. The van der Waals surface area contributed by atoms with Gasteiger partial charge in [-0.3, -0.25) is 0 Å². The van der Waals surface area contributed by atoms with Gasteiger partial charge in [-0.1, -0.05) is 164 Å². The minimum absolute atomic E-state index is 1.10. The number of hydrogen-bond donors (Lipinski definition) is 0. The summed E-state index contributed by atoms with van der Waals surface area (Å²) in [5.41, 5.74) is 16.5. The molecular formula is C52H36N2. The molecular weight excluding hydrogens is 653 g/mol. The molecule has 54 heavy (non-hydrogen) atoms. The molecule has 0 fully saturated rings. The molecule has 2 heteroatoms. The molecule has 1 aliphatic rings. The second-order valence-corrected chi connectivity index (χ2v) is 13.8. The lowest BCUT2D eigenvalue weighted by molar-refractivity contribution is 1.29. The molecule has 1 heterocycles. The van der Waals surface area contributed by atoms with E-state index in [1.54, 1.807) is 0 Å². The van der Waals surface area contributed by atoms with Gasteiger partial charge < -0.3 is 9.80 Å². The minimum atomic E-state index is 1.10. The lowest BCUT2D eigenvalue weighted by Crippen LogP contribution is -2.11. The Morgan fingerprint density at radius 3 is 1.43 bits per heavy atom. The van der Waals surface area contributed by atoms with Crippen molar-refractivity contribution in [2.75, 3.05) is 9.80 Å². The van der Waals surface area contributed by atoms with Crippen LogP contribution in [0, 0.1) is 0 Å². The Morgan fingerprint density at radius 1 is 0.315 bits per heavy atom. The predicted octanol–water partition coefficient (Wildman–Crippen LogP) is 14.8. The average Bonchev–Trinajstić information content (AvgIpc) is 3.37. The zero-order valence-electron chi connectivity index (χ0n) is 29.7. The van der Waals surface area contributed by atoms with Crippen LogP contribution in [-0.2, 0) is 0 Å². The maximum atomic E-state index is 2.42. The molecule has 9 aromatic rings. The van der Waals surface area contributed by atoms with Crippen molar-refractivity contribution in [1.82, 2.24) is 0 Å². The van der Waals surface area contributed by atoms with Gasteiger partial charge in [0.1, 0.15) is 0 Å². The summed E-state index contributed by atoms with van der Waals surface area (Å²) in [6, 6.07) is 78.9. The van der Waals surface area contributed by atoms with Crippen LogP contribution in [-0.4, -0.2) is 0 Å². The van der Waals surface area contributed by atoms with E-state index in [-0.39, 0.29) is 0 Å². The zero-order valence-corrected chi connectivity index (χ0v) is 29.7. The number of para-hydroxylation sites is 2. The van der Waals surface area contributed by atoms with Gasteiger partial charge in [-0.2, -0.15) is 0 Å². The van der Waals surface area contributed by atoms with E-state index in [4.69, 9.17) is 0 Å². The predicted molar refractivity (Wildman–Crippen MR) is 229 cm³/mol. The monoisotopic (exact) mass is 688 g/mol. The number of fused-ring (bicyclic) bond motifs is 6. The van der Waals surface area contributed by atoms with Gasteiger partial charge in [-0.25, -0.2) is 0 Å². The third-order valence-electron chi connectivity index (χ3n) is 10.6. The first kappa shape index (κ1) is 31.6. The lowest BCUT2D eigenvalue weighted by atomic mass is 9.95. The highest BCUT2D eigenvalue weighted by Crippen LogP contribution is 2.51. The zero-order chi connectivity index (χ0) is 35.8. The van der Waals surface area contributed by atoms with Gasteiger partial charge in [0.2, 0.25) is 0 Å². The average molecular weight is 689 g/mol. The largest absolute Gasteiger partial charge is 0.310 e. The Bertz CT molecular complexity index is 2690. The Labute approximate surface area is 316 Å². The van der Waals surface area contributed by atoms with Gasteiger partial charge in [0.15, 0.2) is 0 Å². The van der Waals surface area contributed by atoms with Gasteiger partial charge in [0.25, 0.3) is 0 Å². The molecule has 9 aromatic carbocycles. The SMILES string of the molecule is c1ccc(-c2ccc(N(c3ccc(-c4cccc(N5c6ccccc6-c6ccccc6-c6ccccc65)c4)cc3)c3cccc4ccccc34)cc2)cc1. The highest BCUT2D eigenvalue weighted by molar-refractivity contribution is 6.03. The van der Waals surface area contributed by atoms with E-state index in [9.17, 15) is 0 Å². The number of anilines is 6. The smallest absolute Gasteiger partial charge is 0.0540 e. The Kier molecular flexibility index (Phi) is 7.85. The van der Waals surface area contributed by atoms with E-state index in [0.29, 0.717) is 0 Å². The molecule has 1 aliphatic heterocycles. The van der Waals surface area contributed by atoms with Crippen LogP contribution in [0.3, 0.4) is 0 Å². The molecule has 0 amide bonds. The molecule has 2 nitrogen and oxygen atoms in total. The number of rotatable bonds is 6. The van der Waals surface area contributed by atoms with Gasteiger partial charge >= 0.3 is 0 Å². The third-order valence-corrected chi connectivity index (χ3v) is 10.6. The maximum absolute atomic E-state index is 2.42. The Morgan fingerprint density at radius 2 is 0.778 bits per heavy atom. The van der Waals surface area contributed by atoms with E-state index in [1.165, 1.54) is 61.1 Å². The second kappa shape index (κ2) is 13.4. The first-order valence-corrected chi connectivity index (χ1v) is 18.5. The molecule has 0 saturated heterocycles. The van der Waals surface area contributed by atoms with Crippen molar-refractivity contribution in [2.45, 2.75) is 0 Å². The molecule has 0 atom stereocenters. The van der Waals surface area contributed by atoms with Crippen LogP contribution in [0.2, 0.25) is 0 Å². The molecule has 0 radical (unpaired) electrons. The van der Waals surface area contributed by atoms with E-state index >= 15 is 0 Å².